The van der Waals surface area contributed by atoms with Gasteiger partial charge in [-0.25, -0.2) is 9.59 Å². The molecule has 0 aromatic heterocycles. The van der Waals surface area contributed by atoms with Crippen LogP contribution in [0.2, 0.25) is 0 Å². The van der Waals surface area contributed by atoms with E-state index in [9.17, 15) is 53.5 Å². The molecule has 2 saturated heterocycles. The molecule has 0 aromatic carbocycles. The number of hydrogen-bond donors (Lipinski definition) is 1. The number of esters is 2. The molecule has 36 heavy (non-hydrogen) atoms. The highest BCUT2D eigenvalue weighted by Gasteiger charge is 2.87. The van der Waals surface area contributed by atoms with Gasteiger partial charge in [-0.1, -0.05) is 13.2 Å². The van der Waals surface area contributed by atoms with Gasteiger partial charge in [0.1, 0.15) is 6.10 Å². The molecule has 2 aliphatic rings. The number of ether oxygens (including phenoxy) is 5. The maximum absolute atomic E-state index is 14.0. The second-order valence-corrected chi connectivity index (χ2v) is 7.68. The van der Waals surface area contributed by atoms with Gasteiger partial charge in [0.05, 0.1) is 25.2 Å². The van der Waals surface area contributed by atoms with E-state index in [1.165, 1.54) is 6.92 Å². The molecule has 1 N–H and O–H groups in total. The fourth-order valence-electron chi connectivity index (χ4n) is 2.90. The summed E-state index contributed by atoms with van der Waals surface area (Å²) in [7, 11) is 0. The molecule has 0 saturated carbocycles. The minimum absolute atomic E-state index is 0.168. The van der Waals surface area contributed by atoms with E-state index in [2.05, 4.69) is 32.1 Å². The van der Waals surface area contributed by atoms with E-state index in [0.29, 0.717) is 0 Å². The van der Waals surface area contributed by atoms with E-state index < -0.39 is 85.3 Å². The van der Waals surface area contributed by atoms with Crippen LogP contribution in [-0.4, -0.2) is 78.4 Å². The fraction of sp³-hybridized carbons (Fsp3) is 0.667. The third kappa shape index (κ3) is 5.16. The molecule has 2 rings (SSSR count). The summed E-state index contributed by atoms with van der Waals surface area (Å²) in [5.74, 6) is -18.7. The van der Waals surface area contributed by atoms with E-state index in [-0.39, 0.29) is 5.57 Å². The average Bonchev–Trinajstić information content (AvgIpc) is 3.17. The summed E-state index contributed by atoms with van der Waals surface area (Å²) in [4.78, 5) is 23.4. The van der Waals surface area contributed by atoms with Crippen LogP contribution in [0.1, 0.15) is 13.3 Å². The third-order valence-electron chi connectivity index (χ3n) is 4.80. The Morgan fingerprint density at radius 2 is 1.56 bits per heavy atom. The minimum Gasteiger partial charge on any atom is -0.456 e. The summed E-state index contributed by atoms with van der Waals surface area (Å²) in [5, 5.41) is 9.01. The van der Waals surface area contributed by atoms with Crippen molar-refractivity contribution in [3.05, 3.63) is 24.3 Å². The smallest absolute Gasteiger partial charge is 0.450 e. The van der Waals surface area contributed by atoms with Crippen molar-refractivity contribution in [1.82, 2.24) is 0 Å². The molecule has 2 fully saturated rings. The van der Waals surface area contributed by atoms with Crippen molar-refractivity contribution in [2.45, 2.75) is 61.5 Å². The topological polar surface area (TPSA) is 101 Å². The summed E-state index contributed by atoms with van der Waals surface area (Å²) in [5.41, 5.74) is -1.52. The zero-order valence-corrected chi connectivity index (χ0v) is 17.8. The summed E-state index contributed by atoms with van der Waals surface area (Å²) < 4.78 is 154. The first-order valence-electron chi connectivity index (χ1n) is 9.35. The standard InChI is InChI=1S/C18H16F10O8/c1-7(2)10(29)34-9-4-13(33-6-9,17(23,24)25)32-5-8(3)11(30)35-12-14(19,20)16(31,18(26,27)28)36-15(12,21)22/h9,12,31H,1,3-6H2,2H3. The molecule has 4 unspecified atom stereocenters. The lowest BCUT2D eigenvalue weighted by Crippen LogP contribution is -2.59. The summed E-state index contributed by atoms with van der Waals surface area (Å²) in [6.07, 6.45) is -24.5. The molecule has 0 bridgehead atoms. The zero-order valence-electron chi connectivity index (χ0n) is 17.8. The molecular formula is C18H16F10O8. The van der Waals surface area contributed by atoms with Gasteiger partial charge in [0.2, 0.25) is 0 Å². The van der Waals surface area contributed by atoms with Crippen LogP contribution >= 0.6 is 0 Å². The van der Waals surface area contributed by atoms with Crippen molar-refractivity contribution in [3.63, 3.8) is 0 Å². The molecule has 206 valence electrons. The van der Waals surface area contributed by atoms with Crippen LogP contribution in [0.15, 0.2) is 24.3 Å². The summed E-state index contributed by atoms with van der Waals surface area (Å²) >= 11 is 0. The highest BCUT2D eigenvalue weighted by atomic mass is 19.4. The van der Waals surface area contributed by atoms with Crippen LogP contribution in [0.25, 0.3) is 0 Å². The molecule has 0 spiro atoms. The molecule has 2 aliphatic heterocycles. The zero-order chi connectivity index (χ0) is 28.1. The Balaban J connectivity index is 2.13. The van der Waals surface area contributed by atoms with Crippen LogP contribution in [0.5, 0.6) is 0 Å². The van der Waals surface area contributed by atoms with Gasteiger partial charge in [-0.2, -0.15) is 43.9 Å². The van der Waals surface area contributed by atoms with Crippen molar-refractivity contribution < 1.29 is 82.3 Å². The normalized spacial score (nSPS) is 31.7. The average molecular weight is 550 g/mol. The quantitative estimate of drug-likeness (QED) is 0.293. The number of hydrogen-bond acceptors (Lipinski definition) is 8. The monoisotopic (exact) mass is 550 g/mol. The molecule has 8 nitrogen and oxygen atoms in total. The van der Waals surface area contributed by atoms with Crippen LogP contribution in [0, 0.1) is 0 Å². The van der Waals surface area contributed by atoms with E-state index in [0.717, 1.165) is 0 Å². The fourth-order valence-corrected chi connectivity index (χ4v) is 2.90. The van der Waals surface area contributed by atoms with E-state index in [4.69, 9.17) is 9.84 Å². The lowest BCUT2D eigenvalue weighted by atomic mass is 10.1. The Morgan fingerprint density at radius 1 is 1.00 bits per heavy atom. The summed E-state index contributed by atoms with van der Waals surface area (Å²) in [6.45, 7) is 4.79. The van der Waals surface area contributed by atoms with Crippen LogP contribution in [0.4, 0.5) is 43.9 Å². The molecule has 0 amide bonds. The first-order chi connectivity index (χ1) is 16.0. The van der Waals surface area contributed by atoms with Crippen LogP contribution < -0.4 is 0 Å². The number of alkyl halides is 10. The molecule has 4 atom stereocenters. The minimum atomic E-state index is -6.48. The Kier molecular flexibility index (Phi) is 7.56. The maximum atomic E-state index is 14.0. The SMILES string of the molecule is C=C(C)C(=O)OC1COC(OCC(=C)C(=O)OC2C(F)(F)OC(O)(C(F)(F)F)C2(F)F)(C(F)(F)F)C1. The largest absolute Gasteiger partial charge is 0.456 e. The first-order valence-corrected chi connectivity index (χ1v) is 9.35. The van der Waals surface area contributed by atoms with Crippen molar-refractivity contribution in [1.29, 1.82) is 0 Å². The van der Waals surface area contributed by atoms with E-state index >= 15 is 0 Å². The molecule has 0 radical (unpaired) electrons. The van der Waals surface area contributed by atoms with Gasteiger partial charge in [-0.05, 0) is 6.92 Å². The van der Waals surface area contributed by atoms with E-state index in [1.807, 2.05) is 0 Å². The van der Waals surface area contributed by atoms with Crippen molar-refractivity contribution in [2.24, 2.45) is 0 Å². The Hall–Kier alpha value is -2.44. The van der Waals surface area contributed by atoms with Gasteiger partial charge in [0.15, 0.2) is 0 Å². The number of halogens is 10. The molecular weight excluding hydrogens is 534 g/mol. The first kappa shape index (κ1) is 29.8. The van der Waals surface area contributed by atoms with E-state index in [1.54, 1.807) is 0 Å². The number of aliphatic hydroxyl groups is 1. The lowest BCUT2D eigenvalue weighted by molar-refractivity contribution is -0.433. The highest BCUT2D eigenvalue weighted by molar-refractivity contribution is 5.88. The van der Waals surface area contributed by atoms with Crippen LogP contribution in [-0.2, 0) is 33.3 Å². The highest BCUT2D eigenvalue weighted by Crippen LogP contribution is 2.57. The van der Waals surface area contributed by atoms with Crippen LogP contribution in [0.3, 0.4) is 0 Å². The number of carbonyl (C=O) groups excluding carboxylic acids is 2. The van der Waals surface area contributed by atoms with Crippen molar-refractivity contribution >= 4 is 11.9 Å². The Morgan fingerprint density at radius 3 is 2.00 bits per heavy atom. The van der Waals surface area contributed by atoms with Gasteiger partial charge in [0.25, 0.3) is 11.9 Å². The van der Waals surface area contributed by atoms with Crippen molar-refractivity contribution in [2.75, 3.05) is 13.2 Å². The lowest BCUT2D eigenvalue weighted by Gasteiger charge is -2.31. The molecule has 0 aliphatic carbocycles. The van der Waals surface area contributed by atoms with Gasteiger partial charge in [-0.15, -0.1) is 0 Å². The predicted octanol–water partition coefficient (Wildman–Crippen LogP) is 3.15. The third-order valence-corrected chi connectivity index (χ3v) is 4.80. The Bertz CT molecular complexity index is 930. The second-order valence-electron chi connectivity index (χ2n) is 7.68. The molecule has 2 heterocycles. The second kappa shape index (κ2) is 9.14. The molecule has 18 heteroatoms. The maximum Gasteiger partial charge on any atom is 0.450 e. The van der Waals surface area contributed by atoms with Gasteiger partial charge in [0, 0.05) is 5.57 Å². The number of carbonyl (C=O) groups is 2. The van der Waals surface area contributed by atoms with Gasteiger partial charge < -0.3 is 24.1 Å². The Labute approximate surface area is 194 Å². The number of rotatable bonds is 7. The van der Waals surface area contributed by atoms with Gasteiger partial charge in [-0.3, -0.25) is 4.74 Å². The van der Waals surface area contributed by atoms with Crippen molar-refractivity contribution in [3.8, 4) is 0 Å². The molecule has 0 aromatic rings. The predicted molar refractivity (Wildman–Crippen MR) is 91.0 cm³/mol. The van der Waals surface area contributed by atoms with Gasteiger partial charge >= 0.3 is 42.1 Å². The summed E-state index contributed by atoms with van der Waals surface area (Å²) in [6, 6.07) is 0.